The predicted octanol–water partition coefficient (Wildman–Crippen LogP) is 4.20. The number of halogens is 2. The Hall–Kier alpha value is -2.36. The van der Waals surface area contributed by atoms with Crippen LogP contribution < -0.4 is 10.1 Å². The monoisotopic (exact) mass is 527 g/mol. The summed E-state index contributed by atoms with van der Waals surface area (Å²) >= 11 is 0. The van der Waals surface area contributed by atoms with Crippen molar-refractivity contribution in [2.24, 2.45) is 10.9 Å². The molecule has 1 saturated heterocycles. The van der Waals surface area contributed by atoms with Gasteiger partial charge in [0, 0.05) is 26.7 Å². The zero-order chi connectivity index (χ0) is 20.6. The van der Waals surface area contributed by atoms with Gasteiger partial charge in [0.15, 0.2) is 5.96 Å². The first kappa shape index (κ1) is 23.9. The fourth-order valence-electron chi connectivity index (χ4n) is 3.32. The summed E-state index contributed by atoms with van der Waals surface area (Å²) in [6.45, 7) is 2.16. The Morgan fingerprint density at radius 2 is 1.67 bits per heavy atom. The van der Waals surface area contributed by atoms with Crippen LogP contribution in [0.4, 0.5) is 4.39 Å². The van der Waals surface area contributed by atoms with E-state index in [0.717, 1.165) is 37.5 Å². The van der Waals surface area contributed by atoms with Gasteiger partial charge in [-0.05, 0) is 54.8 Å². The van der Waals surface area contributed by atoms with E-state index in [0.29, 0.717) is 18.0 Å². The van der Waals surface area contributed by atoms with Gasteiger partial charge in [-0.3, -0.25) is 9.79 Å². The van der Waals surface area contributed by atoms with Crippen LogP contribution in [-0.2, 0) is 16.1 Å². The van der Waals surface area contributed by atoms with Crippen molar-refractivity contribution in [1.82, 2.24) is 10.2 Å². The third kappa shape index (κ3) is 6.58. The van der Waals surface area contributed by atoms with E-state index >= 15 is 0 Å². The number of esters is 1. The lowest BCUT2D eigenvalue weighted by Gasteiger charge is -2.33. The molecule has 1 aliphatic rings. The van der Waals surface area contributed by atoms with E-state index in [9.17, 15) is 9.18 Å². The molecule has 0 atom stereocenters. The standard InChI is InChI=1S/C22H26FN3O3.HI/c1-24-22(26-13-11-17(12-14-26)21(27)28-2)25-15-16-3-7-19(8-4-16)29-20-9-5-18(23)6-10-20;/h3-10,17H,11-15H2,1-2H3,(H,24,25);1H. The fourth-order valence-corrected chi connectivity index (χ4v) is 3.32. The Morgan fingerprint density at radius 3 is 2.20 bits per heavy atom. The Morgan fingerprint density at radius 1 is 1.10 bits per heavy atom. The zero-order valence-electron chi connectivity index (χ0n) is 17.1. The van der Waals surface area contributed by atoms with E-state index in [1.807, 2.05) is 24.3 Å². The number of benzene rings is 2. The first-order chi connectivity index (χ1) is 14.1. The van der Waals surface area contributed by atoms with Crippen molar-refractivity contribution in [3.63, 3.8) is 0 Å². The second-order valence-corrected chi connectivity index (χ2v) is 6.89. The highest BCUT2D eigenvalue weighted by Crippen LogP contribution is 2.22. The van der Waals surface area contributed by atoms with E-state index < -0.39 is 0 Å². The molecule has 0 aromatic heterocycles. The molecule has 0 unspecified atom stereocenters. The van der Waals surface area contributed by atoms with Crippen molar-refractivity contribution in [3.05, 3.63) is 59.9 Å². The summed E-state index contributed by atoms with van der Waals surface area (Å²) < 4.78 is 23.5. The molecule has 8 heteroatoms. The van der Waals surface area contributed by atoms with Crippen LogP contribution in [-0.4, -0.2) is 44.1 Å². The number of hydrogen-bond acceptors (Lipinski definition) is 4. The molecule has 0 radical (unpaired) electrons. The molecule has 0 aliphatic carbocycles. The summed E-state index contributed by atoms with van der Waals surface area (Å²) in [5, 5.41) is 3.37. The minimum absolute atomic E-state index is 0. The van der Waals surface area contributed by atoms with Gasteiger partial charge in [-0.1, -0.05) is 12.1 Å². The minimum atomic E-state index is -0.290. The van der Waals surface area contributed by atoms with Gasteiger partial charge in [0.1, 0.15) is 17.3 Å². The Kier molecular flexibility index (Phi) is 9.35. The van der Waals surface area contributed by atoms with Crippen LogP contribution in [0.15, 0.2) is 53.5 Å². The van der Waals surface area contributed by atoms with Crippen LogP contribution >= 0.6 is 24.0 Å². The van der Waals surface area contributed by atoms with Gasteiger partial charge in [-0.25, -0.2) is 4.39 Å². The van der Waals surface area contributed by atoms with Gasteiger partial charge < -0.3 is 19.7 Å². The third-order valence-electron chi connectivity index (χ3n) is 4.96. The predicted molar refractivity (Wildman–Crippen MR) is 125 cm³/mol. The van der Waals surface area contributed by atoms with Crippen LogP contribution in [0.3, 0.4) is 0 Å². The molecule has 162 valence electrons. The van der Waals surface area contributed by atoms with Crippen molar-refractivity contribution >= 4 is 35.9 Å². The highest BCUT2D eigenvalue weighted by atomic mass is 127. The number of methoxy groups -OCH3 is 1. The number of likely N-dealkylation sites (tertiary alicyclic amines) is 1. The van der Waals surface area contributed by atoms with Crippen molar-refractivity contribution in [3.8, 4) is 11.5 Å². The maximum Gasteiger partial charge on any atom is 0.308 e. The summed E-state index contributed by atoms with van der Waals surface area (Å²) in [5.74, 6) is 1.66. The second-order valence-electron chi connectivity index (χ2n) is 6.89. The largest absolute Gasteiger partial charge is 0.469 e. The summed E-state index contributed by atoms with van der Waals surface area (Å²) in [6, 6.07) is 13.6. The van der Waals surface area contributed by atoms with Gasteiger partial charge in [-0.2, -0.15) is 0 Å². The van der Waals surface area contributed by atoms with Crippen LogP contribution in [0.25, 0.3) is 0 Å². The highest BCUT2D eigenvalue weighted by Gasteiger charge is 2.26. The smallest absolute Gasteiger partial charge is 0.308 e. The first-order valence-electron chi connectivity index (χ1n) is 9.65. The van der Waals surface area contributed by atoms with Gasteiger partial charge in [0.25, 0.3) is 0 Å². The molecule has 2 aromatic carbocycles. The fraction of sp³-hybridized carbons (Fsp3) is 0.364. The molecule has 1 N–H and O–H groups in total. The topological polar surface area (TPSA) is 63.2 Å². The van der Waals surface area contributed by atoms with E-state index in [-0.39, 0.29) is 41.7 Å². The second kappa shape index (κ2) is 11.7. The first-order valence-corrected chi connectivity index (χ1v) is 9.65. The lowest BCUT2D eigenvalue weighted by Crippen LogP contribution is -2.46. The molecule has 30 heavy (non-hydrogen) atoms. The summed E-state index contributed by atoms with van der Waals surface area (Å²) in [7, 11) is 3.19. The number of aliphatic imine (C=N–C) groups is 1. The van der Waals surface area contributed by atoms with Crippen LogP contribution in [0.1, 0.15) is 18.4 Å². The molecule has 2 aromatic rings. The minimum Gasteiger partial charge on any atom is -0.469 e. The SMILES string of the molecule is CN=C(NCc1ccc(Oc2ccc(F)cc2)cc1)N1CCC(C(=O)OC)CC1.I. The highest BCUT2D eigenvalue weighted by molar-refractivity contribution is 14.0. The Bertz CT molecular complexity index is 836. The van der Waals surface area contributed by atoms with Gasteiger partial charge >= 0.3 is 5.97 Å². The lowest BCUT2D eigenvalue weighted by atomic mass is 9.97. The van der Waals surface area contributed by atoms with Gasteiger partial charge in [0.05, 0.1) is 13.0 Å². The number of nitrogens with zero attached hydrogens (tertiary/aromatic N) is 2. The summed E-state index contributed by atoms with van der Waals surface area (Å²) in [6.07, 6.45) is 1.53. The molecule has 0 bridgehead atoms. The number of ether oxygens (including phenoxy) is 2. The van der Waals surface area contributed by atoms with Crippen molar-refractivity contribution in [2.75, 3.05) is 27.2 Å². The molecule has 6 nitrogen and oxygen atoms in total. The molecule has 0 amide bonds. The van der Waals surface area contributed by atoms with E-state index in [1.165, 1.54) is 19.2 Å². The van der Waals surface area contributed by atoms with Gasteiger partial charge in [-0.15, -0.1) is 24.0 Å². The molecular formula is C22H27FIN3O3. The number of hydrogen-bond donors (Lipinski definition) is 1. The lowest BCUT2D eigenvalue weighted by molar-refractivity contribution is -0.146. The van der Waals surface area contributed by atoms with E-state index in [2.05, 4.69) is 15.2 Å². The third-order valence-corrected chi connectivity index (χ3v) is 4.96. The van der Waals surface area contributed by atoms with Crippen LogP contribution in [0.2, 0.25) is 0 Å². The van der Waals surface area contributed by atoms with Crippen molar-refractivity contribution in [1.29, 1.82) is 0 Å². The molecule has 1 fully saturated rings. The molecule has 1 aliphatic heterocycles. The molecule has 0 saturated carbocycles. The quantitative estimate of drug-likeness (QED) is 0.274. The summed E-state index contributed by atoms with van der Waals surface area (Å²) in [5.41, 5.74) is 1.09. The number of guanidine groups is 1. The van der Waals surface area contributed by atoms with Crippen molar-refractivity contribution in [2.45, 2.75) is 19.4 Å². The Balaban J connectivity index is 0.00000320. The van der Waals surface area contributed by atoms with E-state index in [4.69, 9.17) is 9.47 Å². The van der Waals surface area contributed by atoms with Crippen LogP contribution in [0, 0.1) is 11.7 Å². The molecule has 1 heterocycles. The normalized spacial score (nSPS) is 14.6. The number of carbonyl (C=O) groups is 1. The molecule has 3 rings (SSSR count). The van der Waals surface area contributed by atoms with Gasteiger partial charge in [0.2, 0.25) is 0 Å². The van der Waals surface area contributed by atoms with Crippen molar-refractivity contribution < 1.29 is 18.7 Å². The molecular weight excluding hydrogens is 500 g/mol. The van der Waals surface area contributed by atoms with Crippen LogP contribution in [0.5, 0.6) is 11.5 Å². The summed E-state index contributed by atoms with van der Waals surface area (Å²) in [4.78, 5) is 18.2. The number of rotatable bonds is 5. The average Bonchev–Trinajstić information content (AvgIpc) is 2.77. The molecule has 0 spiro atoms. The Labute approximate surface area is 193 Å². The maximum absolute atomic E-state index is 13.0. The number of piperidine rings is 1. The van der Waals surface area contributed by atoms with E-state index in [1.54, 1.807) is 19.2 Å². The maximum atomic E-state index is 13.0. The number of carbonyl (C=O) groups excluding carboxylic acids is 1. The average molecular weight is 527 g/mol. The zero-order valence-corrected chi connectivity index (χ0v) is 19.5. The number of nitrogens with one attached hydrogen (secondary N) is 1.